The predicted molar refractivity (Wildman–Crippen MR) is 143 cm³/mol. The molecule has 202 valence electrons. The Morgan fingerprint density at radius 1 is 1.05 bits per heavy atom. The van der Waals surface area contributed by atoms with Crippen LogP contribution in [0.3, 0.4) is 0 Å². The van der Waals surface area contributed by atoms with Gasteiger partial charge < -0.3 is 20.1 Å². The molecule has 8 nitrogen and oxygen atoms in total. The fourth-order valence-corrected chi connectivity index (χ4v) is 4.90. The van der Waals surface area contributed by atoms with Gasteiger partial charge in [0.05, 0.1) is 12.6 Å². The molecule has 39 heavy (non-hydrogen) atoms. The van der Waals surface area contributed by atoms with E-state index in [-0.39, 0.29) is 24.5 Å². The van der Waals surface area contributed by atoms with Crippen LogP contribution in [0.25, 0.3) is 0 Å². The zero-order valence-electron chi connectivity index (χ0n) is 20.9. The van der Waals surface area contributed by atoms with Gasteiger partial charge in [-0.25, -0.2) is 9.18 Å². The van der Waals surface area contributed by atoms with Crippen LogP contribution in [-0.4, -0.2) is 48.1 Å². The first-order chi connectivity index (χ1) is 18.9. The average Bonchev–Trinajstić information content (AvgIpc) is 3.57. The van der Waals surface area contributed by atoms with E-state index in [0.717, 1.165) is 12.8 Å². The molecule has 3 amide bonds. The van der Waals surface area contributed by atoms with Gasteiger partial charge in [0, 0.05) is 29.4 Å². The van der Waals surface area contributed by atoms with Gasteiger partial charge in [-0.3, -0.25) is 14.5 Å². The number of ether oxygens (including phenoxy) is 2. The van der Waals surface area contributed by atoms with E-state index in [1.807, 2.05) is 0 Å². The monoisotopic (exact) mass is 551 g/mol. The van der Waals surface area contributed by atoms with Gasteiger partial charge in [-0.1, -0.05) is 41.9 Å². The van der Waals surface area contributed by atoms with E-state index < -0.39 is 24.1 Å². The molecule has 2 heterocycles. The first kappa shape index (κ1) is 26.6. The van der Waals surface area contributed by atoms with Crippen LogP contribution in [0.5, 0.6) is 0 Å². The normalized spacial score (nSPS) is 20.5. The second kappa shape index (κ2) is 11.8. The number of rotatable bonds is 8. The van der Waals surface area contributed by atoms with Crippen molar-refractivity contribution in [2.75, 3.05) is 18.5 Å². The third kappa shape index (κ3) is 6.38. The molecule has 2 fully saturated rings. The summed E-state index contributed by atoms with van der Waals surface area (Å²) in [4.78, 5) is 40.3. The molecule has 2 aliphatic heterocycles. The number of hydrogen-bond acceptors (Lipinski definition) is 5. The molecule has 0 bridgehead atoms. The van der Waals surface area contributed by atoms with Crippen molar-refractivity contribution in [2.24, 2.45) is 0 Å². The zero-order chi connectivity index (χ0) is 27.4. The molecule has 10 heteroatoms. The third-order valence-electron chi connectivity index (χ3n) is 6.73. The van der Waals surface area contributed by atoms with Crippen molar-refractivity contribution in [3.63, 3.8) is 0 Å². The Morgan fingerprint density at radius 3 is 2.51 bits per heavy atom. The summed E-state index contributed by atoms with van der Waals surface area (Å²) in [5.74, 6) is -1.09. The highest BCUT2D eigenvalue weighted by Gasteiger charge is 2.47. The Hall–Kier alpha value is -3.95. The topological polar surface area (TPSA) is 97.0 Å². The Labute approximate surface area is 230 Å². The Bertz CT molecular complexity index is 1350. The smallest absolute Gasteiger partial charge is 0.411 e. The van der Waals surface area contributed by atoms with E-state index in [0.29, 0.717) is 40.6 Å². The molecule has 3 aromatic rings. The van der Waals surface area contributed by atoms with Crippen molar-refractivity contribution in [1.29, 1.82) is 0 Å². The minimum atomic E-state index is -0.962. The van der Waals surface area contributed by atoms with E-state index >= 15 is 0 Å². The SMILES string of the molecule is O=C(Nc1ccc(C2OC(=O)N(Cc3ccc(F)cc3)C2C(=O)NCC2CCCO2)cc1)c1cccc(Cl)c1. The molecule has 0 aliphatic carbocycles. The number of carbonyl (C=O) groups excluding carboxylic acids is 3. The van der Waals surface area contributed by atoms with Gasteiger partial charge in [-0.05, 0) is 66.4 Å². The summed E-state index contributed by atoms with van der Waals surface area (Å²) in [7, 11) is 0. The van der Waals surface area contributed by atoms with Crippen LogP contribution < -0.4 is 10.6 Å². The summed E-state index contributed by atoms with van der Waals surface area (Å²) >= 11 is 5.98. The number of cyclic esters (lactones) is 1. The van der Waals surface area contributed by atoms with Crippen molar-refractivity contribution >= 4 is 35.2 Å². The van der Waals surface area contributed by atoms with E-state index in [1.165, 1.54) is 17.0 Å². The molecule has 2 aliphatic rings. The summed E-state index contributed by atoms with van der Waals surface area (Å²) in [6, 6.07) is 18.1. The number of nitrogens with zero attached hydrogens (tertiary/aromatic N) is 1. The number of nitrogens with one attached hydrogen (secondary N) is 2. The largest absolute Gasteiger partial charge is 0.438 e. The van der Waals surface area contributed by atoms with Crippen molar-refractivity contribution in [3.8, 4) is 0 Å². The van der Waals surface area contributed by atoms with Gasteiger partial charge in [0.1, 0.15) is 5.82 Å². The first-order valence-corrected chi connectivity index (χ1v) is 13.0. The number of amides is 3. The molecule has 3 aromatic carbocycles. The standard InChI is InChI=1S/C29H27ClFN3O5/c30-21-4-1-3-20(15-21)27(35)33-23-12-8-19(9-13-23)26-25(28(36)32-16-24-5-2-14-38-24)34(29(37)39-26)17-18-6-10-22(31)11-7-18/h1,3-4,6-13,15,24-26H,2,5,14,16-17H2,(H,32,36)(H,33,35). The molecule has 5 rings (SSSR count). The second-order valence-electron chi connectivity index (χ2n) is 9.47. The number of carbonyl (C=O) groups is 3. The fourth-order valence-electron chi connectivity index (χ4n) is 4.71. The lowest BCUT2D eigenvalue weighted by molar-refractivity contribution is -0.126. The van der Waals surface area contributed by atoms with Crippen molar-refractivity contribution in [3.05, 3.63) is 100 Å². The van der Waals surface area contributed by atoms with E-state index in [4.69, 9.17) is 21.1 Å². The van der Waals surface area contributed by atoms with Gasteiger partial charge >= 0.3 is 6.09 Å². The minimum Gasteiger partial charge on any atom is -0.438 e. The molecule has 3 unspecified atom stereocenters. The maximum absolute atomic E-state index is 13.4. The first-order valence-electron chi connectivity index (χ1n) is 12.7. The summed E-state index contributed by atoms with van der Waals surface area (Å²) in [5, 5.41) is 6.16. The lowest BCUT2D eigenvalue weighted by Gasteiger charge is -2.25. The predicted octanol–water partition coefficient (Wildman–Crippen LogP) is 5.09. The van der Waals surface area contributed by atoms with E-state index in [9.17, 15) is 18.8 Å². The van der Waals surface area contributed by atoms with Crippen LogP contribution in [-0.2, 0) is 20.8 Å². The van der Waals surface area contributed by atoms with Crippen molar-refractivity contribution in [1.82, 2.24) is 10.2 Å². The molecular formula is C29H27ClFN3O5. The van der Waals surface area contributed by atoms with E-state index in [1.54, 1.807) is 60.7 Å². The van der Waals surface area contributed by atoms with E-state index in [2.05, 4.69) is 10.6 Å². The van der Waals surface area contributed by atoms with Gasteiger partial charge in [0.15, 0.2) is 12.1 Å². The number of anilines is 1. The summed E-state index contributed by atoms with van der Waals surface area (Å²) in [6.45, 7) is 1.06. The number of benzene rings is 3. The highest BCUT2D eigenvalue weighted by Crippen LogP contribution is 2.34. The maximum atomic E-state index is 13.4. The molecule has 0 spiro atoms. The highest BCUT2D eigenvalue weighted by molar-refractivity contribution is 6.31. The molecule has 0 aromatic heterocycles. The van der Waals surface area contributed by atoms with Crippen LogP contribution in [0, 0.1) is 5.82 Å². The summed E-state index contributed by atoms with van der Waals surface area (Å²) in [5.41, 5.74) is 2.18. The highest BCUT2D eigenvalue weighted by atomic mass is 35.5. The maximum Gasteiger partial charge on any atom is 0.411 e. The molecular weight excluding hydrogens is 525 g/mol. The van der Waals surface area contributed by atoms with Gasteiger partial charge in [-0.2, -0.15) is 0 Å². The van der Waals surface area contributed by atoms with Crippen LogP contribution >= 0.6 is 11.6 Å². The second-order valence-corrected chi connectivity index (χ2v) is 9.91. The molecule has 2 saturated heterocycles. The van der Waals surface area contributed by atoms with Crippen LogP contribution in [0.2, 0.25) is 5.02 Å². The number of hydrogen-bond donors (Lipinski definition) is 2. The summed E-state index contributed by atoms with van der Waals surface area (Å²) in [6.07, 6.45) is 0.176. The fraction of sp³-hybridized carbons (Fsp3) is 0.276. The molecule has 3 atom stereocenters. The Balaban J connectivity index is 1.34. The zero-order valence-corrected chi connectivity index (χ0v) is 21.7. The Morgan fingerprint density at radius 2 is 1.82 bits per heavy atom. The molecule has 0 radical (unpaired) electrons. The number of halogens is 2. The van der Waals surface area contributed by atoms with Crippen molar-refractivity contribution < 1.29 is 28.2 Å². The quantitative estimate of drug-likeness (QED) is 0.406. The van der Waals surface area contributed by atoms with Gasteiger partial charge in [0.2, 0.25) is 5.91 Å². The lowest BCUT2D eigenvalue weighted by Crippen LogP contribution is -2.47. The summed E-state index contributed by atoms with van der Waals surface area (Å²) < 4.78 is 24.7. The average molecular weight is 552 g/mol. The van der Waals surface area contributed by atoms with Crippen LogP contribution in [0.15, 0.2) is 72.8 Å². The van der Waals surface area contributed by atoms with Gasteiger partial charge in [-0.15, -0.1) is 0 Å². The lowest BCUT2D eigenvalue weighted by atomic mass is 10.00. The minimum absolute atomic E-state index is 0.0708. The Kier molecular flexibility index (Phi) is 8.09. The van der Waals surface area contributed by atoms with Gasteiger partial charge in [0.25, 0.3) is 5.91 Å². The van der Waals surface area contributed by atoms with Crippen LogP contribution in [0.1, 0.15) is 40.4 Å². The molecule has 0 saturated carbocycles. The molecule has 2 N–H and O–H groups in total. The third-order valence-corrected chi connectivity index (χ3v) is 6.97. The van der Waals surface area contributed by atoms with Crippen molar-refractivity contribution in [2.45, 2.75) is 37.6 Å². The van der Waals surface area contributed by atoms with Crippen LogP contribution in [0.4, 0.5) is 14.9 Å².